The average molecular weight is 939 g/mol. The standard InChI is InChI=1S/C66H36B2N4O2/c1-11-27-53-37(17-1)38-18-2-12-28-54(38)71(53)67-47-35-48-58(36-57(47)69-51-25-9-5-23-43(51)61-63(69)49(67)33-45-41-21-7-15-31-59(41)73-65(45)61)70-52-26-10-6-24-44(52)62-64(70)50(34-46-42-22-8-16-32-60(42)74-66(46)62)68(48)72-55-29-13-3-19-39(55)40-20-4-14-30-56(40)72/h1-36H. The van der Waals surface area contributed by atoms with Crippen LogP contribution in [0, 0.1) is 0 Å². The predicted molar refractivity (Wildman–Crippen MR) is 309 cm³/mol. The van der Waals surface area contributed by atoms with E-state index < -0.39 is 0 Å². The van der Waals surface area contributed by atoms with Crippen molar-refractivity contribution in [2.45, 2.75) is 0 Å². The number of hydrogen-bond donors (Lipinski definition) is 0. The smallest absolute Gasteiger partial charge is 0.332 e. The van der Waals surface area contributed by atoms with Crippen LogP contribution < -0.4 is 21.9 Å². The maximum atomic E-state index is 7.02. The van der Waals surface area contributed by atoms with Gasteiger partial charge in [-0.1, -0.05) is 164 Å². The van der Waals surface area contributed by atoms with Crippen LogP contribution in [-0.4, -0.2) is 31.8 Å². The van der Waals surface area contributed by atoms with Gasteiger partial charge < -0.3 is 26.9 Å². The Labute approximate surface area is 421 Å². The van der Waals surface area contributed by atoms with Gasteiger partial charge in [-0.15, -0.1) is 0 Å². The van der Waals surface area contributed by atoms with E-state index in [0.29, 0.717) is 0 Å². The van der Waals surface area contributed by atoms with Crippen LogP contribution in [0.25, 0.3) is 142 Å². The summed E-state index contributed by atoms with van der Waals surface area (Å²) in [7, 11) is 0. The van der Waals surface area contributed by atoms with Crippen molar-refractivity contribution >= 4 is 167 Å². The van der Waals surface area contributed by atoms with Gasteiger partial charge in [-0.25, -0.2) is 0 Å². The molecule has 6 nitrogen and oxygen atoms in total. The molecule has 0 atom stereocenters. The fourth-order valence-electron chi connectivity index (χ4n) is 14.4. The highest BCUT2D eigenvalue weighted by molar-refractivity contribution is 6.92. The van der Waals surface area contributed by atoms with Crippen molar-refractivity contribution in [3.05, 3.63) is 218 Å². The molecule has 338 valence electrons. The maximum absolute atomic E-state index is 7.02. The first-order chi connectivity index (χ1) is 36.8. The Hall–Kier alpha value is -9.65. The highest BCUT2D eigenvalue weighted by Gasteiger charge is 2.43. The number of aromatic nitrogens is 4. The Bertz CT molecular complexity index is 4990. The Kier molecular flexibility index (Phi) is 6.82. The molecule has 2 aliphatic rings. The van der Waals surface area contributed by atoms with E-state index in [1.54, 1.807) is 0 Å². The number of para-hydroxylation sites is 8. The van der Waals surface area contributed by atoms with Crippen molar-refractivity contribution in [3.63, 3.8) is 0 Å². The van der Waals surface area contributed by atoms with Crippen LogP contribution in [0.1, 0.15) is 0 Å². The monoisotopic (exact) mass is 938 g/mol. The third kappa shape index (κ3) is 4.42. The van der Waals surface area contributed by atoms with Crippen molar-refractivity contribution in [3.8, 4) is 11.4 Å². The minimum atomic E-state index is -0.237. The molecule has 0 bridgehead atoms. The van der Waals surface area contributed by atoms with Gasteiger partial charge in [0.15, 0.2) is 0 Å². The van der Waals surface area contributed by atoms with Crippen molar-refractivity contribution in [1.29, 1.82) is 0 Å². The SMILES string of the molecule is c1ccc2c(c1)oc1c2cc2c3c1c1ccccc1n3-c1cc3c(cc1B2n1c2ccccc2c2ccccc21)B(n1c2ccccc2c2ccccc21)c1cc2c4ccccc4oc2c2c4ccccc4n-3c12. The lowest BCUT2D eigenvalue weighted by Crippen LogP contribution is -2.58. The van der Waals surface area contributed by atoms with Crippen LogP contribution in [0.4, 0.5) is 0 Å². The fraction of sp³-hybridized carbons (Fsp3) is 0. The first-order valence-corrected chi connectivity index (χ1v) is 25.7. The van der Waals surface area contributed by atoms with Gasteiger partial charge in [0.2, 0.25) is 0 Å². The Morgan fingerprint density at radius 2 is 0.595 bits per heavy atom. The molecule has 8 heterocycles. The highest BCUT2D eigenvalue weighted by atomic mass is 16.3. The van der Waals surface area contributed by atoms with Gasteiger partial charge in [-0.2, -0.15) is 0 Å². The number of nitrogens with zero attached hydrogens (tertiary/aromatic N) is 4. The summed E-state index contributed by atoms with van der Waals surface area (Å²) in [5, 5.41) is 14.1. The van der Waals surface area contributed by atoms with E-state index in [-0.39, 0.29) is 13.7 Å². The number of benzene rings is 11. The van der Waals surface area contributed by atoms with E-state index in [4.69, 9.17) is 8.83 Å². The Morgan fingerprint density at radius 3 is 0.986 bits per heavy atom. The molecule has 0 radical (unpaired) electrons. The molecule has 0 saturated carbocycles. The summed E-state index contributed by atoms with van der Waals surface area (Å²) in [5.41, 5.74) is 20.4. The fourth-order valence-corrected chi connectivity index (χ4v) is 14.4. The lowest BCUT2D eigenvalue weighted by atomic mass is 9.43. The molecule has 19 rings (SSSR count). The van der Waals surface area contributed by atoms with Gasteiger partial charge in [0.25, 0.3) is 0 Å². The normalized spacial score (nSPS) is 13.4. The van der Waals surface area contributed by atoms with Crippen LogP contribution >= 0.6 is 0 Å². The van der Waals surface area contributed by atoms with Crippen molar-refractivity contribution in [2.75, 3.05) is 0 Å². The second-order valence-corrected chi connectivity index (χ2v) is 20.6. The van der Waals surface area contributed by atoms with Crippen molar-refractivity contribution in [2.24, 2.45) is 0 Å². The maximum Gasteiger partial charge on any atom is 0.332 e. The Balaban J connectivity index is 1.06. The molecule has 0 amide bonds. The van der Waals surface area contributed by atoms with E-state index >= 15 is 0 Å². The molecular weight excluding hydrogens is 902 g/mol. The van der Waals surface area contributed by atoms with Crippen molar-refractivity contribution < 1.29 is 8.83 Å². The topological polar surface area (TPSA) is 46.0 Å². The van der Waals surface area contributed by atoms with Crippen LogP contribution in [0.3, 0.4) is 0 Å². The van der Waals surface area contributed by atoms with E-state index in [1.807, 2.05) is 0 Å². The molecule has 0 unspecified atom stereocenters. The molecule has 0 saturated heterocycles. The predicted octanol–water partition coefficient (Wildman–Crippen LogP) is 13.8. The molecule has 17 aromatic rings. The average Bonchev–Trinajstić information content (AvgIpc) is 4.31. The number of rotatable bonds is 2. The number of hydrogen-bond acceptors (Lipinski definition) is 2. The second kappa shape index (κ2) is 13.2. The highest BCUT2D eigenvalue weighted by Crippen LogP contribution is 2.46. The molecule has 74 heavy (non-hydrogen) atoms. The lowest BCUT2D eigenvalue weighted by molar-refractivity contribution is 0.672. The summed E-state index contributed by atoms with van der Waals surface area (Å²) >= 11 is 0. The minimum Gasteiger partial charge on any atom is -0.455 e. The van der Waals surface area contributed by atoms with E-state index in [2.05, 4.69) is 236 Å². The molecule has 11 aromatic carbocycles. The molecule has 0 spiro atoms. The molecule has 0 fully saturated rings. The summed E-state index contributed by atoms with van der Waals surface area (Å²) in [4.78, 5) is 0. The largest absolute Gasteiger partial charge is 0.455 e. The minimum absolute atomic E-state index is 0.237. The summed E-state index contributed by atoms with van der Waals surface area (Å²) in [6.45, 7) is -0.473. The molecule has 6 aromatic heterocycles. The van der Waals surface area contributed by atoms with E-state index in [1.165, 1.54) is 87.3 Å². The van der Waals surface area contributed by atoms with Gasteiger partial charge >= 0.3 is 13.7 Å². The quantitative estimate of drug-likeness (QED) is 0.162. The first kappa shape index (κ1) is 38.1. The first-order valence-electron chi connectivity index (χ1n) is 25.7. The van der Waals surface area contributed by atoms with Gasteiger partial charge in [-0.3, -0.25) is 0 Å². The van der Waals surface area contributed by atoms with E-state index in [9.17, 15) is 0 Å². The number of fused-ring (bicyclic) bond motifs is 24. The second-order valence-electron chi connectivity index (χ2n) is 20.6. The third-order valence-corrected chi connectivity index (χ3v) is 17.2. The number of furan rings is 2. The molecule has 0 aliphatic carbocycles. The van der Waals surface area contributed by atoms with Gasteiger partial charge in [-0.05, 0) is 76.4 Å². The van der Waals surface area contributed by atoms with Crippen LogP contribution in [0.15, 0.2) is 227 Å². The van der Waals surface area contributed by atoms with Crippen molar-refractivity contribution in [1.82, 2.24) is 18.1 Å². The lowest BCUT2D eigenvalue weighted by Gasteiger charge is -2.33. The summed E-state index contributed by atoms with van der Waals surface area (Å²) in [6, 6.07) is 81.1. The zero-order valence-electron chi connectivity index (χ0n) is 39.5. The van der Waals surface area contributed by atoms with Gasteiger partial charge in [0.1, 0.15) is 22.3 Å². The summed E-state index contributed by atoms with van der Waals surface area (Å²) in [6.07, 6.45) is 0. The molecule has 2 aliphatic heterocycles. The van der Waals surface area contributed by atoms with Gasteiger partial charge in [0, 0.05) is 87.3 Å². The Morgan fingerprint density at radius 1 is 0.270 bits per heavy atom. The van der Waals surface area contributed by atoms with Crippen LogP contribution in [-0.2, 0) is 0 Å². The van der Waals surface area contributed by atoms with E-state index in [0.717, 1.165) is 77.1 Å². The van der Waals surface area contributed by atoms with Crippen LogP contribution in [0.2, 0.25) is 0 Å². The zero-order chi connectivity index (χ0) is 47.7. The molecular formula is C66H36B2N4O2. The molecule has 0 N–H and O–H groups in total. The summed E-state index contributed by atoms with van der Waals surface area (Å²) < 4.78 is 24.5. The summed E-state index contributed by atoms with van der Waals surface area (Å²) in [5.74, 6) is 0. The zero-order valence-corrected chi connectivity index (χ0v) is 39.5. The van der Waals surface area contributed by atoms with Crippen LogP contribution in [0.5, 0.6) is 0 Å². The van der Waals surface area contributed by atoms with Gasteiger partial charge in [0.05, 0.1) is 32.8 Å². The third-order valence-electron chi connectivity index (χ3n) is 17.2. The molecule has 8 heteroatoms.